The fraction of sp³-hybridized carbons (Fsp3) is 0.381. The molecule has 3 heterocycles. The van der Waals surface area contributed by atoms with Gasteiger partial charge in [0.05, 0.1) is 5.71 Å². The van der Waals surface area contributed by atoms with E-state index >= 15 is 0 Å². The molecule has 1 aliphatic heterocycles. The van der Waals surface area contributed by atoms with E-state index in [-0.39, 0.29) is 0 Å². The standard InChI is InChI=1S/C21H25N3S/c1-2-24-9-7-16(8-10-24)18-14-23-20-6-5-15(12-17(18)20)13-19(22)21-4-3-11-25-21/h3-6,11-12,14,16,22-23H,2,7-10,13H2,1H3. The lowest BCUT2D eigenvalue weighted by atomic mass is 9.88. The number of rotatable bonds is 5. The van der Waals surface area contributed by atoms with Crippen LogP contribution in [0.5, 0.6) is 0 Å². The van der Waals surface area contributed by atoms with E-state index in [1.165, 1.54) is 48.0 Å². The molecular formula is C21H25N3S. The highest BCUT2D eigenvalue weighted by Crippen LogP contribution is 2.33. The Morgan fingerprint density at radius 1 is 1.28 bits per heavy atom. The molecule has 2 N–H and O–H groups in total. The number of thiophene rings is 1. The van der Waals surface area contributed by atoms with Gasteiger partial charge in [-0.05, 0) is 73.1 Å². The highest BCUT2D eigenvalue weighted by Gasteiger charge is 2.22. The number of nitrogens with one attached hydrogen (secondary N) is 2. The summed E-state index contributed by atoms with van der Waals surface area (Å²) in [5, 5.41) is 11.7. The first kappa shape index (κ1) is 16.6. The van der Waals surface area contributed by atoms with Crippen molar-refractivity contribution >= 4 is 28.0 Å². The van der Waals surface area contributed by atoms with Crippen LogP contribution in [0.4, 0.5) is 0 Å². The van der Waals surface area contributed by atoms with Gasteiger partial charge in [-0.3, -0.25) is 0 Å². The Bertz CT molecular complexity index is 855. The molecule has 4 heteroatoms. The molecule has 2 aromatic heterocycles. The minimum atomic E-state index is 0.656. The Morgan fingerprint density at radius 3 is 2.84 bits per heavy atom. The summed E-state index contributed by atoms with van der Waals surface area (Å²) in [7, 11) is 0. The number of fused-ring (bicyclic) bond motifs is 1. The lowest BCUT2D eigenvalue weighted by Gasteiger charge is -2.31. The molecule has 1 saturated heterocycles. The van der Waals surface area contributed by atoms with Gasteiger partial charge in [-0.25, -0.2) is 0 Å². The summed E-state index contributed by atoms with van der Waals surface area (Å²) in [5.74, 6) is 0.656. The van der Waals surface area contributed by atoms with Crippen molar-refractivity contribution in [2.24, 2.45) is 0 Å². The molecule has 0 spiro atoms. The van der Waals surface area contributed by atoms with Crippen molar-refractivity contribution in [1.29, 1.82) is 5.41 Å². The van der Waals surface area contributed by atoms with Gasteiger partial charge in [-0.15, -0.1) is 11.3 Å². The van der Waals surface area contributed by atoms with Crippen LogP contribution < -0.4 is 0 Å². The van der Waals surface area contributed by atoms with E-state index in [0.717, 1.165) is 11.4 Å². The van der Waals surface area contributed by atoms with Gasteiger partial charge in [0, 0.05) is 28.4 Å². The Hall–Kier alpha value is -1.91. The van der Waals surface area contributed by atoms with Gasteiger partial charge in [0.25, 0.3) is 0 Å². The molecule has 0 bridgehead atoms. The third kappa shape index (κ3) is 3.42. The zero-order chi connectivity index (χ0) is 17.2. The molecule has 0 radical (unpaired) electrons. The second-order valence-electron chi connectivity index (χ2n) is 6.97. The first-order valence-electron chi connectivity index (χ1n) is 9.18. The van der Waals surface area contributed by atoms with E-state index in [4.69, 9.17) is 5.41 Å². The molecular weight excluding hydrogens is 326 g/mol. The first-order valence-corrected chi connectivity index (χ1v) is 10.1. The number of hydrogen-bond acceptors (Lipinski definition) is 3. The van der Waals surface area contributed by atoms with Gasteiger partial charge in [0.2, 0.25) is 0 Å². The molecule has 3 nitrogen and oxygen atoms in total. The zero-order valence-electron chi connectivity index (χ0n) is 14.7. The number of nitrogens with zero attached hydrogens (tertiary/aromatic N) is 1. The normalized spacial score (nSPS) is 16.5. The van der Waals surface area contributed by atoms with E-state index in [9.17, 15) is 0 Å². The van der Waals surface area contributed by atoms with Gasteiger partial charge in [0.15, 0.2) is 0 Å². The number of piperidine rings is 1. The first-order chi connectivity index (χ1) is 12.2. The largest absolute Gasteiger partial charge is 0.361 e. The van der Waals surface area contributed by atoms with Crippen molar-refractivity contribution < 1.29 is 0 Å². The Kier molecular flexibility index (Phi) is 4.73. The molecule has 1 aromatic carbocycles. The van der Waals surface area contributed by atoms with E-state index < -0.39 is 0 Å². The Labute approximate surface area is 153 Å². The molecule has 0 saturated carbocycles. The molecule has 1 aliphatic rings. The monoisotopic (exact) mass is 351 g/mol. The molecule has 0 atom stereocenters. The smallest absolute Gasteiger partial charge is 0.0529 e. The fourth-order valence-corrected chi connectivity index (χ4v) is 4.61. The SMILES string of the molecule is CCN1CCC(c2c[nH]c3ccc(CC(=N)c4cccs4)cc23)CC1. The van der Waals surface area contributed by atoms with Gasteiger partial charge in [0.1, 0.15) is 0 Å². The number of H-pyrrole nitrogens is 1. The van der Waals surface area contributed by atoms with Gasteiger partial charge in [-0.1, -0.05) is 19.1 Å². The van der Waals surface area contributed by atoms with Crippen LogP contribution in [0.3, 0.4) is 0 Å². The highest BCUT2D eigenvalue weighted by molar-refractivity contribution is 7.12. The molecule has 3 aromatic rings. The van der Waals surface area contributed by atoms with Crippen LogP contribution in [0, 0.1) is 5.41 Å². The molecule has 130 valence electrons. The van der Waals surface area contributed by atoms with E-state index in [1.54, 1.807) is 11.3 Å². The van der Waals surface area contributed by atoms with Crippen LogP contribution >= 0.6 is 11.3 Å². The fourth-order valence-electron chi connectivity index (χ4n) is 3.94. The summed E-state index contributed by atoms with van der Waals surface area (Å²) in [6.45, 7) is 5.82. The maximum absolute atomic E-state index is 8.34. The summed E-state index contributed by atoms with van der Waals surface area (Å²) in [6, 6.07) is 10.7. The lowest BCUT2D eigenvalue weighted by Crippen LogP contribution is -2.32. The summed E-state index contributed by atoms with van der Waals surface area (Å²) in [5.41, 5.74) is 4.63. The van der Waals surface area contributed by atoms with Crippen LogP contribution in [0.2, 0.25) is 0 Å². The van der Waals surface area contributed by atoms with Crippen LogP contribution in [0.15, 0.2) is 41.9 Å². The minimum absolute atomic E-state index is 0.656. The van der Waals surface area contributed by atoms with E-state index in [0.29, 0.717) is 18.1 Å². The molecule has 0 aliphatic carbocycles. The van der Waals surface area contributed by atoms with Gasteiger partial charge < -0.3 is 15.3 Å². The third-order valence-electron chi connectivity index (χ3n) is 5.45. The Balaban J connectivity index is 1.56. The number of aromatic amines is 1. The minimum Gasteiger partial charge on any atom is -0.361 e. The van der Waals surface area contributed by atoms with Crippen LogP contribution in [-0.2, 0) is 6.42 Å². The average molecular weight is 352 g/mol. The summed E-state index contributed by atoms with van der Waals surface area (Å²) >= 11 is 1.65. The molecule has 25 heavy (non-hydrogen) atoms. The van der Waals surface area contributed by atoms with Crippen molar-refractivity contribution in [3.05, 3.63) is 57.9 Å². The Morgan fingerprint density at radius 2 is 2.12 bits per heavy atom. The highest BCUT2D eigenvalue weighted by atomic mass is 32.1. The van der Waals surface area contributed by atoms with Crippen molar-refractivity contribution in [3.8, 4) is 0 Å². The maximum Gasteiger partial charge on any atom is 0.0529 e. The van der Waals surface area contributed by atoms with Crippen molar-refractivity contribution in [3.63, 3.8) is 0 Å². The molecule has 0 amide bonds. The van der Waals surface area contributed by atoms with Crippen molar-refractivity contribution in [2.45, 2.75) is 32.1 Å². The second kappa shape index (κ2) is 7.14. The van der Waals surface area contributed by atoms with Crippen LogP contribution in [0.1, 0.15) is 41.7 Å². The maximum atomic E-state index is 8.34. The predicted octanol–water partition coefficient (Wildman–Crippen LogP) is 5.04. The molecule has 4 rings (SSSR count). The van der Waals surface area contributed by atoms with Gasteiger partial charge >= 0.3 is 0 Å². The van der Waals surface area contributed by atoms with Crippen molar-refractivity contribution in [1.82, 2.24) is 9.88 Å². The third-order valence-corrected chi connectivity index (χ3v) is 6.38. The number of benzene rings is 1. The summed E-state index contributed by atoms with van der Waals surface area (Å²) in [4.78, 5) is 7.07. The van der Waals surface area contributed by atoms with E-state index in [1.807, 2.05) is 17.5 Å². The summed E-state index contributed by atoms with van der Waals surface area (Å²) in [6.07, 6.45) is 5.41. The van der Waals surface area contributed by atoms with Crippen LogP contribution in [0.25, 0.3) is 10.9 Å². The van der Waals surface area contributed by atoms with Crippen molar-refractivity contribution in [2.75, 3.05) is 19.6 Å². The predicted molar refractivity (Wildman–Crippen MR) is 107 cm³/mol. The number of hydrogen-bond donors (Lipinski definition) is 2. The number of aromatic nitrogens is 1. The lowest BCUT2D eigenvalue weighted by molar-refractivity contribution is 0.223. The zero-order valence-corrected chi connectivity index (χ0v) is 15.5. The van der Waals surface area contributed by atoms with Gasteiger partial charge in [-0.2, -0.15) is 0 Å². The van der Waals surface area contributed by atoms with E-state index in [2.05, 4.69) is 41.2 Å². The topological polar surface area (TPSA) is 42.9 Å². The number of likely N-dealkylation sites (tertiary alicyclic amines) is 1. The molecule has 0 unspecified atom stereocenters. The summed E-state index contributed by atoms with van der Waals surface area (Å²) < 4.78 is 0. The van der Waals surface area contributed by atoms with Crippen LogP contribution in [-0.4, -0.2) is 35.2 Å². The quantitative estimate of drug-likeness (QED) is 0.621. The molecule has 1 fully saturated rings. The second-order valence-corrected chi connectivity index (χ2v) is 7.91. The average Bonchev–Trinajstić information content (AvgIpc) is 3.31.